The number of Topliss-reactive ketones (excluding diaryl/α,β-unsaturated/α-hetero) is 1. The molecule has 1 aliphatic rings. The third-order valence-electron chi connectivity index (χ3n) is 6.28. The molecule has 1 aliphatic heterocycles. The van der Waals surface area contributed by atoms with E-state index < -0.39 is 23.7 Å². The fraction of sp³-hybridized carbons (Fsp3) is 0.480. The molecule has 3 heterocycles. The van der Waals surface area contributed by atoms with Gasteiger partial charge in [-0.05, 0) is 58.5 Å². The summed E-state index contributed by atoms with van der Waals surface area (Å²) >= 11 is 0. The van der Waals surface area contributed by atoms with Gasteiger partial charge in [0.05, 0.1) is 12.2 Å². The van der Waals surface area contributed by atoms with Crippen LogP contribution in [0, 0.1) is 20.8 Å². The molecular formula is C25H33N3O6. The molecule has 0 saturated carbocycles. The molecule has 9 heteroatoms. The number of aliphatic hydroxyl groups is 1. The minimum atomic E-state index is -0.871. The largest absolute Gasteiger partial charge is 0.507 e. The van der Waals surface area contributed by atoms with Gasteiger partial charge in [0, 0.05) is 24.3 Å². The number of hydrogen-bond donors (Lipinski definition) is 2. The third-order valence-corrected chi connectivity index (χ3v) is 6.28. The highest BCUT2D eigenvalue weighted by Gasteiger charge is 2.48. The molecule has 2 aromatic heterocycles. The number of ether oxygens (including phenoxy) is 1. The lowest BCUT2D eigenvalue weighted by Gasteiger charge is -2.26. The summed E-state index contributed by atoms with van der Waals surface area (Å²) < 4.78 is 10.9. The van der Waals surface area contributed by atoms with E-state index in [4.69, 9.17) is 9.15 Å². The zero-order valence-corrected chi connectivity index (χ0v) is 20.7. The minimum Gasteiger partial charge on any atom is -0.507 e. The number of ketones is 1. The maximum absolute atomic E-state index is 13.2. The number of aromatic amines is 1. The summed E-state index contributed by atoms with van der Waals surface area (Å²) in [6.45, 7) is 13.6. The summed E-state index contributed by atoms with van der Waals surface area (Å²) in [7, 11) is 0. The van der Waals surface area contributed by atoms with Crippen LogP contribution in [0.1, 0.15) is 65.6 Å². The van der Waals surface area contributed by atoms with Crippen LogP contribution in [-0.4, -0.2) is 70.3 Å². The summed E-state index contributed by atoms with van der Waals surface area (Å²) in [6, 6.07) is 2.60. The number of furan rings is 1. The second kappa shape index (κ2) is 10.3. The first-order valence-electron chi connectivity index (χ1n) is 11.6. The summed E-state index contributed by atoms with van der Waals surface area (Å²) in [5.41, 5.74) is 1.37. The topological polar surface area (TPSA) is 116 Å². The molecule has 1 fully saturated rings. The van der Waals surface area contributed by atoms with Crippen molar-refractivity contribution in [3.63, 3.8) is 0 Å². The zero-order valence-electron chi connectivity index (χ0n) is 20.7. The van der Waals surface area contributed by atoms with Crippen molar-refractivity contribution in [1.82, 2.24) is 14.8 Å². The quantitative estimate of drug-likeness (QED) is 0.249. The highest BCUT2D eigenvalue weighted by atomic mass is 16.5. The fourth-order valence-corrected chi connectivity index (χ4v) is 4.44. The molecule has 0 aliphatic carbocycles. The van der Waals surface area contributed by atoms with Gasteiger partial charge in [0.2, 0.25) is 0 Å². The van der Waals surface area contributed by atoms with Gasteiger partial charge in [-0.15, -0.1) is 0 Å². The molecule has 2 N–H and O–H groups in total. The number of likely N-dealkylation sites (tertiary alicyclic amines) is 1. The highest BCUT2D eigenvalue weighted by molar-refractivity contribution is 6.46. The van der Waals surface area contributed by atoms with E-state index in [0.29, 0.717) is 41.4 Å². The van der Waals surface area contributed by atoms with E-state index in [-0.39, 0.29) is 23.6 Å². The molecule has 2 aromatic rings. The van der Waals surface area contributed by atoms with Crippen molar-refractivity contribution in [2.45, 2.75) is 47.6 Å². The monoisotopic (exact) mass is 471 g/mol. The lowest BCUT2D eigenvalue weighted by molar-refractivity contribution is -0.140. The molecular weight excluding hydrogens is 438 g/mol. The molecule has 0 aromatic carbocycles. The van der Waals surface area contributed by atoms with Crippen LogP contribution in [0.5, 0.6) is 0 Å². The lowest BCUT2D eigenvalue weighted by Crippen LogP contribution is -2.37. The van der Waals surface area contributed by atoms with Crippen LogP contribution in [-0.2, 0) is 14.3 Å². The number of carbonyl (C=O) groups excluding carboxylic acids is 3. The van der Waals surface area contributed by atoms with Crippen LogP contribution in [0.25, 0.3) is 5.76 Å². The second-order valence-electron chi connectivity index (χ2n) is 8.31. The van der Waals surface area contributed by atoms with Crippen molar-refractivity contribution in [1.29, 1.82) is 0 Å². The maximum atomic E-state index is 13.2. The van der Waals surface area contributed by atoms with E-state index in [1.807, 2.05) is 13.8 Å². The number of likely N-dealkylation sites (N-methyl/N-ethyl adjacent to an activating group) is 1. The Kier molecular flexibility index (Phi) is 7.66. The molecule has 1 unspecified atom stereocenters. The van der Waals surface area contributed by atoms with Gasteiger partial charge in [0.1, 0.15) is 29.0 Å². The third kappa shape index (κ3) is 4.52. The van der Waals surface area contributed by atoms with Crippen molar-refractivity contribution < 1.29 is 28.6 Å². The SMILES string of the molecule is CCOC(=O)c1[nH]c(C)c(C(O)=C2C(=O)C(=O)N(CCN(CC)CC)C2c2ccc(C)o2)c1C. The fourth-order valence-electron chi connectivity index (χ4n) is 4.44. The summed E-state index contributed by atoms with van der Waals surface area (Å²) in [4.78, 5) is 45.2. The lowest BCUT2D eigenvalue weighted by atomic mass is 9.97. The first kappa shape index (κ1) is 25.3. The summed E-state index contributed by atoms with van der Waals surface area (Å²) in [5.74, 6) is -1.35. The van der Waals surface area contributed by atoms with Gasteiger partial charge in [-0.3, -0.25) is 9.59 Å². The van der Waals surface area contributed by atoms with Crippen LogP contribution in [0.15, 0.2) is 22.1 Å². The Bertz CT molecular complexity index is 1120. The van der Waals surface area contributed by atoms with Gasteiger partial charge in [0.25, 0.3) is 11.7 Å². The maximum Gasteiger partial charge on any atom is 0.355 e. The van der Waals surface area contributed by atoms with Crippen molar-refractivity contribution in [2.75, 3.05) is 32.8 Å². The summed E-state index contributed by atoms with van der Waals surface area (Å²) in [6.07, 6.45) is 0. The van der Waals surface area contributed by atoms with Gasteiger partial charge >= 0.3 is 5.97 Å². The van der Waals surface area contributed by atoms with Crippen LogP contribution in [0.4, 0.5) is 0 Å². The Labute approximate surface area is 199 Å². The van der Waals surface area contributed by atoms with Crippen molar-refractivity contribution in [3.05, 3.63) is 51.7 Å². The Morgan fingerprint density at radius 3 is 2.41 bits per heavy atom. The number of amides is 1. The van der Waals surface area contributed by atoms with Crippen molar-refractivity contribution in [3.8, 4) is 0 Å². The van der Waals surface area contributed by atoms with Gasteiger partial charge in [-0.25, -0.2) is 4.79 Å². The van der Waals surface area contributed by atoms with Crippen LogP contribution >= 0.6 is 0 Å². The normalized spacial score (nSPS) is 17.7. The Balaban J connectivity index is 2.14. The zero-order chi connectivity index (χ0) is 25.2. The summed E-state index contributed by atoms with van der Waals surface area (Å²) in [5, 5.41) is 11.4. The number of H-pyrrole nitrogens is 1. The van der Waals surface area contributed by atoms with Gasteiger partial charge < -0.3 is 29.0 Å². The van der Waals surface area contributed by atoms with E-state index in [2.05, 4.69) is 9.88 Å². The predicted octanol–water partition coefficient (Wildman–Crippen LogP) is 3.47. The predicted molar refractivity (Wildman–Crippen MR) is 126 cm³/mol. The first-order valence-corrected chi connectivity index (χ1v) is 11.6. The Morgan fingerprint density at radius 2 is 1.85 bits per heavy atom. The number of hydrogen-bond acceptors (Lipinski definition) is 7. The average molecular weight is 472 g/mol. The van der Waals surface area contributed by atoms with E-state index in [1.54, 1.807) is 39.8 Å². The van der Waals surface area contributed by atoms with Crippen molar-refractivity contribution >= 4 is 23.4 Å². The van der Waals surface area contributed by atoms with E-state index in [9.17, 15) is 19.5 Å². The number of aryl methyl sites for hydroxylation is 2. The molecule has 1 saturated heterocycles. The highest BCUT2D eigenvalue weighted by Crippen LogP contribution is 2.41. The van der Waals surface area contributed by atoms with E-state index in [0.717, 1.165) is 13.1 Å². The number of rotatable bonds is 9. The molecule has 0 bridgehead atoms. The van der Waals surface area contributed by atoms with Gasteiger partial charge in [-0.2, -0.15) is 0 Å². The molecule has 0 spiro atoms. The van der Waals surface area contributed by atoms with E-state index >= 15 is 0 Å². The average Bonchev–Trinajstić information content (AvgIpc) is 3.43. The number of nitrogens with zero attached hydrogens (tertiary/aromatic N) is 2. The first-order chi connectivity index (χ1) is 16.2. The molecule has 3 rings (SSSR count). The second-order valence-corrected chi connectivity index (χ2v) is 8.31. The van der Waals surface area contributed by atoms with Gasteiger partial charge in [0.15, 0.2) is 0 Å². The molecule has 184 valence electrons. The van der Waals surface area contributed by atoms with Gasteiger partial charge in [-0.1, -0.05) is 13.8 Å². The van der Waals surface area contributed by atoms with E-state index in [1.165, 1.54) is 4.90 Å². The molecule has 34 heavy (non-hydrogen) atoms. The molecule has 1 amide bonds. The minimum absolute atomic E-state index is 0.0560. The standard InChI is InChI=1S/C25H33N3O6/c1-7-27(8-2)12-13-28-21(17-11-10-14(4)34-17)19(23(30)24(28)31)22(29)18-15(5)20(26-16(18)6)25(32)33-9-3/h10-11,21,26,29H,7-9,12-13H2,1-6H3. The molecule has 9 nitrogen and oxygen atoms in total. The molecule has 1 atom stereocenters. The smallest absolute Gasteiger partial charge is 0.355 e. The number of aromatic nitrogens is 1. The Morgan fingerprint density at radius 1 is 1.18 bits per heavy atom. The number of carbonyl (C=O) groups is 3. The van der Waals surface area contributed by atoms with Crippen molar-refractivity contribution in [2.24, 2.45) is 0 Å². The van der Waals surface area contributed by atoms with Crippen LogP contribution in [0.3, 0.4) is 0 Å². The number of nitrogens with one attached hydrogen (secondary N) is 1. The van der Waals surface area contributed by atoms with Crippen LogP contribution in [0.2, 0.25) is 0 Å². The Hall–Kier alpha value is -3.33. The molecule has 0 radical (unpaired) electrons. The number of esters is 1. The van der Waals surface area contributed by atoms with Crippen LogP contribution < -0.4 is 0 Å². The number of aliphatic hydroxyl groups excluding tert-OH is 1.